The van der Waals surface area contributed by atoms with E-state index < -0.39 is 0 Å². The van der Waals surface area contributed by atoms with E-state index in [9.17, 15) is 4.79 Å². The topological polar surface area (TPSA) is 68.5 Å². The monoisotopic (exact) mass is 358 g/mol. The minimum absolute atomic E-state index is 0.223. The molecule has 0 aliphatic carbocycles. The molecule has 2 heterocycles. The normalized spacial score (nSPS) is 10.7. The average molecular weight is 358 g/mol. The second kappa shape index (κ2) is 7.70. The van der Waals surface area contributed by atoms with Crippen LogP contribution >= 0.6 is 0 Å². The molecule has 0 fully saturated rings. The van der Waals surface area contributed by atoms with Gasteiger partial charge in [-0.3, -0.25) is 4.79 Å². The Morgan fingerprint density at radius 1 is 1.00 bits per heavy atom. The third-order valence-electron chi connectivity index (χ3n) is 4.11. The van der Waals surface area contributed by atoms with Gasteiger partial charge >= 0.3 is 0 Å². The lowest BCUT2D eigenvalue weighted by Crippen LogP contribution is -2.28. The van der Waals surface area contributed by atoms with Crippen molar-refractivity contribution in [1.29, 1.82) is 0 Å². The molecule has 0 bridgehead atoms. The van der Waals surface area contributed by atoms with Crippen LogP contribution in [-0.2, 0) is 0 Å². The Kier molecular flexibility index (Phi) is 4.78. The first-order chi connectivity index (χ1) is 13.3. The van der Waals surface area contributed by atoms with Gasteiger partial charge in [-0.05, 0) is 18.2 Å². The fourth-order valence-corrected chi connectivity index (χ4v) is 2.82. The highest BCUT2D eigenvalue weighted by Crippen LogP contribution is 2.20. The van der Waals surface area contributed by atoms with Crippen LogP contribution in [-0.4, -0.2) is 33.7 Å². The largest absolute Gasteiger partial charge is 0.492 e. The summed E-state index contributed by atoms with van der Waals surface area (Å²) in [6, 6.07) is 21.3. The van der Waals surface area contributed by atoms with Crippen LogP contribution in [0.3, 0.4) is 0 Å². The summed E-state index contributed by atoms with van der Waals surface area (Å²) in [5.41, 5.74) is 2.86. The van der Waals surface area contributed by atoms with Crippen LogP contribution in [0.1, 0.15) is 10.4 Å². The van der Waals surface area contributed by atoms with Crippen LogP contribution in [0, 0.1) is 0 Å². The van der Waals surface area contributed by atoms with Crippen molar-refractivity contribution < 1.29 is 9.53 Å². The van der Waals surface area contributed by atoms with Gasteiger partial charge in [0.1, 0.15) is 17.9 Å². The van der Waals surface area contributed by atoms with E-state index in [1.54, 1.807) is 16.9 Å². The van der Waals surface area contributed by atoms with E-state index in [1.807, 2.05) is 66.7 Å². The van der Waals surface area contributed by atoms with Crippen molar-refractivity contribution in [3.8, 4) is 17.0 Å². The second-order valence-corrected chi connectivity index (χ2v) is 5.91. The van der Waals surface area contributed by atoms with Crippen LogP contribution in [0.15, 0.2) is 79.1 Å². The summed E-state index contributed by atoms with van der Waals surface area (Å²) in [6.07, 6.45) is 3.23. The second-order valence-electron chi connectivity index (χ2n) is 5.91. The van der Waals surface area contributed by atoms with Crippen LogP contribution in [0.4, 0.5) is 0 Å². The predicted octanol–water partition coefficient (Wildman–Crippen LogP) is 3.21. The number of amides is 1. The van der Waals surface area contributed by atoms with Crippen molar-refractivity contribution in [2.45, 2.75) is 0 Å². The number of nitrogens with one attached hydrogen (secondary N) is 1. The van der Waals surface area contributed by atoms with Crippen molar-refractivity contribution in [2.75, 3.05) is 13.2 Å². The van der Waals surface area contributed by atoms with Crippen LogP contribution in [0.5, 0.6) is 5.75 Å². The number of ether oxygens (including phenoxy) is 1. The Hall–Kier alpha value is -3.67. The Morgan fingerprint density at radius 3 is 2.52 bits per heavy atom. The number of fused-ring (bicyclic) bond motifs is 1. The molecule has 0 radical (unpaired) electrons. The average Bonchev–Trinajstić information content (AvgIpc) is 3.17. The molecule has 1 N–H and O–H groups in total. The van der Waals surface area contributed by atoms with E-state index >= 15 is 0 Å². The van der Waals surface area contributed by atoms with Crippen molar-refractivity contribution in [2.24, 2.45) is 0 Å². The fourth-order valence-electron chi connectivity index (χ4n) is 2.82. The minimum Gasteiger partial charge on any atom is -0.492 e. The highest BCUT2D eigenvalue weighted by molar-refractivity contribution is 5.99. The quantitative estimate of drug-likeness (QED) is 0.538. The van der Waals surface area contributed by atoms with E-state index in [0.29, 0.717) is 24.4 Å². The molecule has 134 valence electrons. The highest BCUT2D eigenvalue weighted by Gasteiger charge is 2.15. The highest BCUT2D eigenvalue weighted by atomic mass is 16.5. The van der Waals surface area contributed by atoms with Gasteiger partial charge in [-0.2, -0.15) is 5.10 Å². The molecule has 0 saturated carbocycles. The van der Waals surface area contributed by atoms with Gasteiger partial charge in [-0.25, -0.2) is 9.50 Å². The Balaban J connectivity index is 1.46. The SMILES string of the molecule is O=C(NCCOc1ccccc1)c1cnn2c(-c3ccccc3)ccnc12. The van der Waals surface area contributed by atoms with Gasteiger partial charge in [0.2, 0.25) is 0 Å². The van der Waals surface area contributed by atoms with Gasteiger partial charge in [0.15, 0.2) is 5.65 Å². The Bertz CT molecular complexity index is 1050. The predicted molar refractivity (Wildman–Crippen MR) is 103 cm³/mol. The summed E-state index contributed by atoms with van der Waals surface area (Å²) >= 11 is 0. The van der Waals surface area contributed by atoms with Crippen molar-refractivity contribution in [3.63, 3.8) is 0 Å². The maximum Gasteiger partial charge on any atom is 0.256 e. The summed E-state index contributed by atoms with van der Waals surface area (Å²) in [4.78, 5) is 16.9. The third kappa shape index (κ3) is 3.64. The molecule has 0 unspecified atom stereocenters. The number of aromatic nitrogens is 3. The molecular weight excluding hydrogens is 340 g/mol. The molecule has 2 aromatic carbocycles. The maximum atomic E-state index is 12.5. The molecule has 0 aliphatic rings. The van der Waals surface area contributed by atoms with Crippen molar-refractivity contribution in [1.82, 2.24) is 19.9 Å². The molecular formula is C21H18N4O2. The lowest BCUT2D eigenvalue weighted by atomic mass is 10.1. The van der Waals surface area contributed by atoms with Gasteiger partial charge in [-0.15, -0.1) is 0 Å². The van der Waals surface area contributed by atoms with Crippen LogP contribution in [0.25, 0.3) is 16.9 Å². The number of para-hydroxylation sites is 1. The lowest BCUT2D eigenvalue weighted by Gasteiger charge is -2.07. The van der Waals surface area contributed by atoms with Gasteiger partial charge in [-0.1, -0.05) is 48.5 Å². The van der Waals surface area contributed by atoms with E-state index in [-0.39, 0.29) is 5.91 Å². The lowest BCUT2D eigenvalue weighted by molar-refractivity contribution is 0.0948. The van der Waals surface area contributed by atoms with Gasteiger partial charge in [0, 0.05) is 11.8 Å². The Labute approximate surface area is 156 Å². The van der Waals surface area contributed by atoms with Crippen molar-refractivity contribution >= 4 is 11.6 Å². The van der Waals surface area contributed by atoms with Gasteiger partial charge in [0.25, 0.3) is 5.91 Å². The van der Waals surface area contributed by atoms with E-state index in [0.717, 1.165) is 17.0 Å². The zero-order chi connectivity index (χ0) is 18.5. The fraction of sp³-hybridized carbons (Fsp3) is 0.0952. The zero-order valence-electron chi connectivity index (χ0n) is 14.6. The molecule has 4 rings (SSSR count). The molecule has 0 saturated heterocycles. The number of hydrogen-bond acceptors (Lipinski definition) is 4. The molecule has 0 aliphatic heterocycles. The molecule has 2 aromatic heterocycles. The number of nitrogens with zero attached hydrogens (tertiary/aromatic N) is 3. The smallest absolute Gasteiger partial charge is 0.256 e. The Morgan fingerprint density at radius 2 is 1.74 bits per heavy atom. The molecule has 0 spiro atoms. The first kappa shape index (κ1) is 16.8. The summed E-state index contributed by atoms with van der Waals surface area (Å²) in [6.45, 7) is 0.779. The molecule has 6 nitrogen and oxygen atoms in total. The van der Waals surface area contributed by atoms with Crippen LogP contribution < -0.4 is 10.1 Å². The summed E-state index contributed by atoms with van der Waals surface area (Å²) < 4.78 is 7.27. The first-order valence-corrected chi connectivity index (χ1v) is 8.67. The minimum atomic E-state index is -0.223. The number of benzene rings is 2. The molecule has 6 heteroatoms. The van der Waals surface area contributed by atoms with Crippen LogP contribution in [0.2, 0.25) is 0 Å². The summed E-state index contributed by atoms with van der Waals surface area (Å²) in [7, 11) is 0. The standard InChI is InChI=1S/C21H18N4O2/c26-21(23-13-14-27-17-9-5-2-6-10-17)18-15-24-25-19(11-12-22-20(18)25)16-7-3-1-4-8-16/h1-12,15H,13-14H2,(H,23,26). The first-order valence-electron chi connectivity index (χ1n) is 8.67. The summed E-state index contributed by atoms with van der Waals surface area (Å²) in [5.74, 6) is 0.552. The van der Waals surface area contributed by atoms with E-state index in [1.165, 1.54) is 0 Å². The maximum absolute atomic E-state index is 12.5. The molecule has 4 aromatic rings. The van der Waals surface area contributed by atoms with Gasteiger partial charge in [0.05, 0.1) is 18.4 Å². The third-order valence-corrected chi connectivity index (χ3v) is 4.11. The molecule has 0 atom stereocenters. The van der Waals surface area contributed by atoms with E-state index in [2.05, 4.69) is 15.4 Å². The summed E-state index contributed by atoms with van der Waals surface area (Å²) in [5, 5.41) is 7.20. The van der Waals surface area contributed by atoms with E-state index in [4.69, 9.17) is 4.74 Å². The number of carbonyl (C=O) groups is 1. The van der Waals surface area contributed by atoms with Crippen molar-refractivity contribution in [3.05, 3.63) is 84.7 Å². The number of hydrogen-bond donors (Lipinski definition) is 1. The zero-order valence-corrected chi connectivity index (χ0v) is 14.6. The number of carbonyl (C=O) groups excluding carboxylic acids is 1. The number of rotatable bonds is 6. The van der Waals surface area contributed by atoms with Gasteiger partial charge < -0.3 is 10.1 Å². The molecule has 27 heavy (non-hydrogen) atoms. The molecule has 1 amide bonds.